The average molecular weight is 328 g/mol. The third kappa shape index (κ3) is 2.91. The first kappa shape index (κ1) is 13.9. The van der Waals surface area contributed by atoms with Crippen LogP contribution in [0.4, 0.5) is 11.4 Å². The van der Waals surface area contributed by atoms with Gasteiger partial charge in [0.2, 0.25) is 0 Å². The molecule has 0 amide bonds. The van der Waals surface area contributed by atoms with Gasteiger partial charge in [-0.3, -0.25) is 19.9 Å². The van der Waals surface area contributed by atoms with Gasteiger partial charge in [-0.1, -0.05) is 0 Å². The lowest BCUT2D eigenvalue weighted by molar-refractivity contribution is -0.384. The molecule has 102 valence electrons. The van der Waals surface area contributed by atoms with Crippen molar-refractivity contribution in [1.82, 2.24) is 4.98 Å². The van der Waals surface area contributed by atoms with E-state index in [-0.39, 0.29) is 17.4 Å². The van der Waals surface area contributed by atoms with Crippen molar-refractivity contribution in [3.8, 4) is 0 Å². The molecule has 0 aromatic carbocycles. The van der Waals surface area contributed by atoms with Crippen molar-refractivity contribution >= 4 is 33.1 Å². The highest BCUT2D eigenvalue weighted by Gasteiger charge is 2.29. The molecular formula is C12H14BrN3O3. The molecule has 1 saturated heterocycles. The summed E-state index contributed by atoms with van der Waals surface area (Å²) in [6.07, 6.45) is 4.50. The number of aromatic nitrogens is 1. The van der Waals surface area contributed by atoms with Crippen LogP contribution < -0.4 is 4.90 Å². The number of rotatable bonds is 3. The number of piperidine rings is 1. The highest BCUT2D eigenvalue weighted by atomic mass is 79.9. The number of carbonyl (C=O) groups excluding carboxylic acids is 1. The van der Waals surface area contributed by atoms with Gasteiger partial charge < -0.3 is 4.90 Å². The van der Waals surface area contributed by atoms with Crippen molar-refractivity contribution in [2.24, 2.45) is 5.92 Å². The second kappa shape index (κ2) is 5.64. The molecule has 2 rings (SSSR count). The first-order chi connectivity index (χ1) is 9.00. The molecule has 1 atom stereocenters. The zero-order chi connectivity index (χ0) is 14.0. The molecule has 0 bridgehead atoms. The second-order valence-corrected chi connectivity index (χ2v) is 5.50. The van der Waals surface area contributed by atoms with E-state index in [0.717, 1.165) is 12.8 Å². The van der Waals surface area contributed by atoms with Crippen molar-refractivity contribution < 1.29 is 9.72 Å². The van der Waals surface area contributed by atoms with Crippen LogP contribution in [0.1, 0.15) is 19.8 Å². The molecule has 1 aliphatic rings. The van der Waals surface area contributed by atoms with Crippen LogP contribution in [0.5, 0.6) is 0 Å². The van der Waals surface area contributed by atoms with Crippen LogP contribution in [0.3, 0.4) is 0 Å². The van der Waals surface area contributed by atoms with Gasteiger partial charge >= 0.3 is 5.69 Å². The average Bonchev–Trinajstić information content (AvgIpc) is 2.38. The van der Waals surface area contributed by atoms with Crippen LogP contribution in [0.2, 0.25) is 0 Å². The van der Waals surface area contributed by atoms with Gasteiger partial charge in [0, 0.05) is 25.2 Å². The van der Waals surface area contributed by atoms with Crippen LogP contribution in [0.25, 0.3) is 0 Å². The van der Waals surface area contributed by atoms with E-state index >= 15 is 0 Å². The quantitative estimate of drug-likeness (QED) is 0.629. The maximum atomic E-state index is 11.5. The molecule has 0 spiro atoms. The molecule has 19 heavy (non-hydrogen) atoms. The summed E-state index contributed by atoms with van der Waals surface area (Å²) in [5, 5.41) is 11.1. The Morgan fingerprint density at radius 1 is 1.58 bits per heavy atom. The van der Waals surface area contributed by atoms with E-state index in [1.165, 1.54) is 6.20 Å². The summed E-state index contributed by atoms with van der Waals surface area (Å²) in [4.78, 5) is 27.9. The Morgan fingerprint density at radius 2 is 2.32 bits per heavy atom. The fourth-order valence-corrected chi connectivity index (χ4v) is 2.95. The molecule has 0 N–H and O–H groups in total. The summed E-state index contributed by atoms with van der Waals surface area (Å²) in [6, 6.07) is 0. The lowest BCUT2D eigenvalue weighted by Gasteiger charge is -2.33. The molecule has 1 unspecified atom stereocenters. The van der Waals surface area contributed by atoms with Gasteiger partial charge in [-0.05, 0) is 35.7 Å². The third-order valence-electron chi connectivity index (χ3n) is 3.36. The number of anilines is 1. The SMILES string of the molecule is CC(=O)C1CCCN(c2c(Br)cncc2[N+](=O)[O-])C1. The zero-order valence-electron chi connectivity index (χ0n) is 10.5. The topological polar surface area (TPSA) is 76.3 Å². The third-order valence-corrected chi connectivity index (χ3v) is 3.94. The van der Waals surface area contributed by atoms with Gasteiger partial charge in [0.15, 0.2) is 0 Å². The first-order valence-electron chi connectivity index (χ1n) is 6.04. The van der Waals surface area contributed by atoms with E-state index < -0.39 is 4.92 Å². The van der Waals surface area contributed by atoms with Gasteiger partial charge in [-0.2, -0.15) is 0 Å². The van der Waals surface area contributed by atoms with Crippen molar-refractivity contribution in [3.63, 3.8) is 0 Å². The standard InChI is InChI=1S/C12H14BrN3O3/c1-8(17)9-3-2-4-15(7-9)12-10(13)5-14-6-11(12)16(18)19/h5-6,9H,2-4,7H2,1H3. The molecule has 0 radical (unpaired) electrons. The first-order valence-corrected chi connectivity index (χ1v) is 6.83. The Morgan fingerprint density at radius 3 is 2.95 bits per heavy atom. The molecule has 0 saturated carbocycles. The molecule has 6 nitrogen and oxygen atoms in total. The van der Waals surface area contributed by atoms with Crippen LogP contribution in [-0.2, 0) is 4.79 Å². The van der Waals surface area contributed by atoms with Crippen LogP contribution in [-0.4, -0.2) is 28.8 Å². The Bertz CT molecular complexity index is 521. The summed E-state index contributed by atoms with van der Waals surface area (Å²) < 4.78 is 0.589. The van der Waals surface area contributed by atoms with Crippen LogP contribution in [0.15, 0.2) is 16.9 Å². The van der Waals surface area contributed by atoms with Crippen molar-refractivity contribution in [1.29, 1.82) is 0 Å². The summed E-state index contributed by atoms with van der Waals surface area (Å²) in [7, 11) is 0. The van der Waals surface area contributed by atoms with Crippen molar-refractivity contribution in [3.05, 3.63) is 27.0 Å². The monoisotopic (exact) mass is 327 g/mol. The van der Waals surface area contributed by atoms with E-state index in [1.807, 2.05) is 4.90 Å². The van der Waals surface area contributed by atoms with Gasteiger partial charge in [-0.25, -0.2) is 0 Å². The Kier molecular flexibility index (Phi) is 4.14. The number of hydrogen-bond donors (Lipinski definition) is 0. The number of carbonyl (C=O) groups is 1. The number of nitro groups is 1. The van der Waals surface area contributed by atoms with E-state index in [2.05, 4.69) is 20.9 Å². The molecule has 1 aromatic heterocycles. The van der Waals surface area contributed by atoms with Crippen molar-refractivity contribution in [2.75, 3.05) is 18.0 Å². The summed E-state index contributed by atoms with van der Waals surface area (Å²) in [5.74, 6) is 0.0888. The number of nitrogens with zero attached hydrogens (tertiary/aromatic N) is 3. The zero-order valence-corrected chi connectivity index (χ0v) is 12.1. The molecule has 1 aromatic rings. The normalized spacial score (nSPS) is 19.3. The molecule has 2 heterocycles. The highest BCUT2D eigenvalue weighted by Crippen LogP contribution is 2.36. The fourth-order valence-electron chi connectivity index (χ4n) is 2.38. The number of halogens is 1. The molecule has 7 heteroatoms. The van der Waals surface area contributed by atoms with E-state index in [9.17, 15) is 14.9 Å². The van der Waals surface area contributed by atoms with E-state index in [4.69, 9.17) is 0 Å². The van der Waals surface area contributed by atoms with E-state index in [0.29, 0.717) is 23.2 Å². The maximum absolute atomic E-state index is 11.5. The lowest BCUT2D eigenvalue weighted by Crippen LogP contribution is -2.38. The molecular weight excluding hydrogens is 314 g/mol. The number of pyridine rings is 1. The lowest BCUT2D eigenvalue weighted by atomic mass is 9.94. The molecule has 0 aliphatic carbocycles. The minimum atomic E-state index is -0.440. The number of hydrogen-bond acceptors (Lipinski definition) is 5. The predicted molar refractivity (Wildman–Crippen MR) is 74.2 cm³/mol. The number of ketones is 1. The summed E-state index contributed by atoms with van der Waals surface area (Å²) in [6.45, 7) is 2.82. The van der Waals surface area contributed by atoms with E-state index in [1.54, 1.807) is 13.1 Å². The molecule has 1 aliphatic heterocycles. The maximum Gasteiger partial charge on any atom is 0.311 e. The Labute approximate surface area is 119 Å². The highest BCUT2D eigenvalue weighted by molar-refractivity contribution is 9.10. The Balaban J connectivity index is 2.35. The largest absolute Gasteiger partial charge is 0.364 e. The van der Waals surface area contributed by atoms with Crippen molar-refractivity contribution in [2.45, 2.75) is 19.8 Å². The summed E-state index contributed by atoms with van der Waals surface area (Å²) in [5.41, 5.74) is 0.490. The Hall–Kier alpha value is -1.50. The van der Waals surface area contributed by atoms with Gasteiger partial charge in [0.25, 0.3) is 0 Å². The van der Waals surface area contributed by atoms with Crippen LogP contribution >= 0.6 is 15.9 Å². The minimum Gasteiger partial charge on any atom is -0.364 e. The predicted octanol–water partition coefficient (Wildman–Crippen LogP) is 2.56. The van der Waals surface area contributed by atoms with Crippen LogP contribution in [0, 0.1) is 16.0 Å². The fraction of sp³-hybridized carbons (Fsp3) is 0.500. The van der Waals surface area contributed by atoms with Gasteiger partial charge in [0.1, 0.15) is 17.7 Å². The molecule has 1 fully saturated rings. The minimum absolute atomic E-state index is 0.0291. The summed E-state index contributed by atoms with van der Waals surface area (Å²) >= 11 is 3.31. The van der Waals surface area contributed by atoms with Gasteiger partial charge in [-0.15, -0.1) is 0 Å². The van der Waals surface area contributed by atoms with Gasteiger partial charge in [0.05, 0.1) is 9.40 Å². The number of Topliss-reactive ketones (excluding diaryl/α,β-unsaturated/α-hetero) is 1. The smallest absolute Gasteiger partial charge is 0.311 e. The second-order valence-electron chi connectivity index (χ2n) is 4.64.